The molecule has 0 heterocycles. The summed E-state index contributed by atoms with van der Waals surface area (Å²) in [5.41, 5.74) is 14.5. The van der Waals surface area contributed by atoms with Crippen LogP contribution < -0.4 is 15.3 Å². The van der Waals surface area contributed by atoms with Crippen LogP contribution in [0, 0.1) is 6.92 Å². The van der Waals surface area contributed by atoms with Crippen LogP contribution in [0.15, 0.2) is 115 Å². The summed E-state index contributed by atoms with van der Waals surface area (Å²) < 4.78 is 0. The van der Waals surface area contributed by atoms with Crippen molar-refractivity contribution in [3.05, 3.63) is 142 Å². The average Bonchev–Trinajstić information content (AvgIpc) is 3.04. The van der Waals surface area contributed by atoms with E-state index >= 15 is 0 Å². The molecule has 43 heavy (non-hydrogen) atoms. The fourth-order valence-electron chi connectivity index (χ4n) is 6.97. The molecule has 2 aliphatic carbocycles. The van der Waals surface area contributed by atoms with E-state index in [0.29, 0.717) is 0 Å². The Morgan fingerprint density at radius 2 is 1.07 bits per heavy atom. The van der Waals surface area contributed by atoms with Gasteiger partial charge in [0.25, 0.3) is 0 Å². The minimum atomic E-state index is 1.08. The summed E-state index contributed by atoms with van der Waals surface area (Å²) in [6.07, 6.45) is 9.50. The lowest BCUT2D eigenvalue weighted by Crippen LogP contribution is -2.31. The predicted molar refractivity (Wildman–Crippen MR) is 184 cm³/mol. The number of anilines is 2. The van der Waals surface area contributed by atoms with Crippen molar-refractivity contribution in [1.82, 2.24) is 0 Å². The van der Waals surface area contributed by atoms with Crippen molar-refractivity contribution in [3.63, 3.8) is 0 Å². The van der Waals surface area contributed by atoms with Gasteiger partial charge >= 0.3 is 0 Å². The quantitative estimate of drug-likeness (QED) is 0.206. The summed E-state index contributed by atoms with van der Waals surface area (Å²) in [4.78, 5) is 2.29. The van der Waals surface area contributed by atoms with Crippen molar-refractivity contribution in [3.8, 4) is 33.4 Å². The summed E-state index contributed by atoms with van der Waals surface area (Å²) >= 11 is 0. The summed E-state index contributed by atoms with van der Waals surface area (Å²) in [5.74, 6) is 0. The third kappa shape index (κ3) is 4.48. The molecule has 0 saturated heterocycles. The zero-order chi connectivity index (χ0) is 28.9. The topological polar surface area (TPSA) is 3.24 Å². The molecule has 0 radical (unpaired) electrons. The normalized spacial score (nSPS) is 13.3. The van der Waals surface area contributed by atoms with Gasteiger partial charge in [-0.2, -0.15) is 0 Å². The fraction of sp³-hybridized carbons (Fsp3) is 0.143. The molecule has 0 N–H and O–H groups in total. The van der Waals surface area contributed by atoms with Crippen LogP contribution in [0.4, 0.5) is 11.4 Å². The maximum absolute atomic E-state index is 2.46. The van der Waals surface area contributed by atoms with Crippen LogP contribution in [-0.4, -0.2) is 7.05 Å². The van der Waals surface area contributed by atoms with Crippen LogP contribution in [-0.2, 0) is 12.8 Å². The zero-order valence-corrected chi connectivity index (χ0v) is 24.9. The zero-order valence-electron chi connectivity index (χ0n) is 24.9. The number of benzene rings is 6. The second-order valence-corrected chi connectivity index (χ2v) is 12.1. The summed E-state index contributed by atoms with van der Waals surface area (Å²) in [5, 5.41) is 5.38. The third-order valence-electron chi connectivity index (χ3n) is 9.48. The van der Waals surface area contributed by atoms with Crippen LogP contribution in [0.25, 0.3) is 56.3 Å². The van der Waals surface area contributed by atoms with Crippen molar-refractivity contribution in [2.75, 3.05) is 11.9 Å². The molecule has 208 valence electrons. The number of aryl methyl sites for hydroxylation is 3. The molecule has 0 bridgehead atoms. The standard InChI is InChI=1S/C42H35N/c1-28-14-16-30(17-15-28)41-37-10-3-5-12-39(37)42(40-13-6-4-11-38(40)41)31-22-24-35(25-23-31)43(2)36-9-7-8-32(27-36)34-21-19-29-18-20-33(29)26-34/h3,5,7-17,19,21-27H,4,6,18,20H2,1-2H3. The van der Waals surface area contributed by atoms with E-state index in [4.69, 9.17) is 0 Å². The van der Waals surface area contributed by atoms with Crippen molar-refractivity contribution in [2.45, 2.75) is 32.6 Å². The molecule has 0 aliphatic heterocycles. The Kier molecular flexibility index (Phi) is 6.26. The van der Waals surface area contributed by atoms with Gasteiger partial charge in [-0.3, -0.25) is 0 Å². The molecule has 0 spiro atoms. The molecule has 0 fully saturated rings. The number of hydrogen-bond donors (Lipinski definition) is 0. The lowest BCUT2D eigenvalue weighted by Gasteiger charge is -2.22. The Morgan fingerprint density at radius 3 is 1.67 bits per heavy atom. The molecular weight excluding hydrogens is 518 g/mol. The smallest absolute Gasteiger partial charge is 0.0414 e. The molecule has 0 aromatic heterocycles. The highest BCUT2D eigenvalue weighted by atomic mass is 15.1. The lowest BCUT2D eigenvalue weighted by molar-refractivity contribution is 0.840. The van der Waals surface area contributed by atoms with E-state index in [1.165, 1.54) is 95.5 Å². The van der Waals surface area contributed by atoms with Gasteiger partial charge in [-0.25, -0.2) is 0 Å². The maximum Gasteiger partial charge on any atom is 0.0414 e. The van der Waals surface area contributed by atoms with Gasteiger partial charge in [0.15, 0.2) is 0 Å². The van der Waals surface area contributed by atoms with Crippen molar-refractivity contribution >= 4 is 34.3 Å². The molecule has 2 aliphatic rings. The second-order valence-electron chi connectivity index (χ2n) is 12.1. The Balaban J connectivity index is 1.20. The first-order valence-corrected chi connectivity index (χ1v) is 15.5. The highest BCUT2D eigenvalue weighted by Crippen LogP contribution is 2.35. The molecule has 6 aromatic rings. The molecular formula is C42H35N. The molecule has 6 aromatic carbocycles. The van der Waals surface area contributed by atoms with Crippen LogP contribution in [0.2, 0.25) is 0 Å². The number of nitrogens with zero attached hydrogens (tertiary/aromatic N) is 1. The van der Waals surface area contributed by atoms with Gasteiger partial charge in [0.2, 0.25) is 0 Å². The SMILES string of the molecule is Cc1ccc(-c2c3c(c(-c4ccc(N(C)c5cccc(-c6ccc7c(c6)CC7)c5)cc4)c4ccccc24)=CCCC=3)cc1. The Morgan fingerprint density at radius 1 is 0.488 bits per heavy atom. The first kappa shape index (κ1) is 25.8. The van der Waals surface area contributed by atoms with Crippen molar-refractivity contribution in [1.29, 1.82) is 0 Å². The molecule has 1 heteroatoms. The first-order valence-electron chi connectivity index (χ1n) is 15.5. The van der Waals surface area contributed by atoms with Gasteiger partial charge in [0, 0.05) is 18.4 Å². The van der Waals surface area contributed by atoms with Crippen LogP contribution in [0.1, 0.15) is 29.5 Å². The summed E-state index contributed by atoms with van der Waals surface area (Å²) in [6, 6.07) is 43.0. The lowest BCUT2D eigenvalue weighted by atomic mass is 9.86. The van der Waals surface area contributed by atoms with Gasteiger partial charge in [-0.05, 0) is 123 Å². The van der Waals surface area contributed by atoms with Gasteiger partial charge in [0.1, 0.15) is 0 Å². The molecule has 0 amide bonds. The first-order chi connectivity index (χ1) is 21.1. The van der Waals surface area contributed by atoms with Gasteiger partial charge in [-0.15, -0.1) is 0 Å². The van der Waals surface area contributed by atoms with E-state index in [-0.39, 0.29) is 0 Å². The van der Waals surface area contributed by atoms with E-state index in [9.17, 15) is 0 Å². The second kappa shape index (κ2) is 10.4. The number of fused-ring (bicyclic) bond motifs is 3. The van der Waals surface area contributed by atoms with E-state index < -0.39 is 0 Å². The van der Waals surface area contributed by atoms with Crippen LogP contribution in [0.3, 0.4) is 0 Å². The Bertz CT molecular complexity index is 2130. The maximum atomic E-state index is 2.46. The Hall–Kier alpha value is -4.88. The van der Waals surface area contributed by atoms with Crippen LogP contribution >= 0.6 is 0 Å². The van der Waals surface area contributed by atoms with E-state index in [0.717, 1.165) is 12.8 Å². The van der Waals surface area contributed by atoms with E-state index in [1.807, 2.05) is 0 Å². The highest BCUT2D eigenvalue weighted by Gasteiger charge is 2.17. The summed E-state index contributed by atoms with van der Waals surface area (Å²) in [6.45, 7) is 2.16. The molecule has 0 saturated carbocycles. The van der Waals surface area contributed by atoms with Crippen molar-refractivity contribution < 1.29 is 0 Å². The number of rotatable bonds is 5. The molecule has 0 unspecified atom stereocenters. The minimum Gasteiger partial charge on any atom is -0.345 e. The molecule has 0 atom stereocenters. The fourth-order valence-corrected chi connectivity index (χ4v) is 6.97. The van der Waals surface area contributed by atoms with Gasteiger partial charge in [-0.1, -0.05) is 109 Å². The highest BCUT2D eigenvalue weighted by molar-refractivity contribution is 6.06. The number of hydrogen-bond acceptors (Lipinski definition) is 1. The van der Waals surface area contributed by atoms with Crippen LogP contribution in [0.5, 0.6) is 0 Å². The van der Waals surface area contributed by atoms with E-state index in [2.05, 4.69) is 146 Å². The summed E-state index contributed by atoms with van der Waals surface area (Å²) in [7, 11) is 2.17. The molecule has 1 nitrogen and oxygen atoms in total. The minimum absolute atomic E-state index is 1.08. The largest absolute Gasteiger partial charge is 0.345 e. The van der Waals surface area contributed by atoms with E-state index in [1.54, 1.807) is 0 Å². The third-order valence-corrected chi connectivity index (χ3v) is 9.48. The van der Waals surface area contributed by atoms with Gasteiger partial charge < -0.3 is 4.90 Å². The molecule has 8 rings (SSSR count). The predicted octanol–water partition coefficient (Wildman–Crippen LogP) is 9.37. The average molecular weight is 554 g/mol. The Labute approximate surface area is 254 Å². The monoisotopic (exact) mass is 553 g/mol. The van der Waals surface area contributed by atoms with Gasteiger partial charge in [0.05, 0.1) is 0 Å². The van der Waals surface area contributed by atoms with Crippen molar-refractivity contribution in [2.24, 2.45) is 0 Å².